The van der Waals surface area contributed by atoms with Crippen molar-refractivity contribution >= 4 is 0 Å². The van der Waals surface area contributed by atoms with Crippen LogP contribution in [0.1, 0.15) is 36.0 Å². The fraction of sp³-hybridized carbons (Fsp3) is 0.333. The van der Waals surface area contributed by atoms with E-state index >= 15 is 0 Å². The highest BCUT2D eigenvalue weighted by Crippen LogP contribution is 2.32. The maximum Gasteiger partial charge on any atom is 0.0115 e. The van der Waals surface area contributed by atoms with Crippen molar-refractivity contribution in [2.24, 2.45) is 0 Å². The molecule has 0 aromatic heterocycles. The van der Waals surface area contributed by atoms with Crippen LogP contribution in [0.4, 0.5) is 0 Å². The average molecular weight is 213 g/mol. The van der Waals surface area contributed by atoms with Crippen molar-refractivity contribution in [2.45, 2.75) is 33.1 Å². The van der Waals surface area contributed by atoms with Gasteiger partial charge in [0, 0.05) is 24.2 Å². The lowest BCUT2D eigenvalue weighted by molar-refractivity contribution is 0.855. The van der Waals surface area contributed by atoms with Gasteiger partial charge in [0.1, 0.15) is 0 Å². The number of hydrogen-bond donors (Lipinski definition) is 1. The van der Waals surface area contributed by atoms with E-state index in [-0.39, 0.29) is 0 Å². The zero-order chi connectivity index (χ0) is 11.7. The molecule has 0 saturated carbocycles. The summed E-state index contributed by atoms with van der Waals surface area (Å²) in [5, 5.41) is 3.20. The number of nitrogens with one attached hydrogen (secondary N) is 1. The number of hydrogen-bond acceptors (Lipinski definition) is 1. The highest BCUT2D eigenvalue weighted by atomic mass is 14.9. The van der Waals surface area contributed by atoms with Gasteiger partial charge in [-0.3, -0.25) is 0 Å². The van der Waals surface area contributed by atoms with Crippen LogP contribution in [0.15, 0.2) is 42.2 Å². The van der Waals surface area contributed by atoms with E-state index < -0.39 is 0 Å². The van der Waals surface area contributed by atoms with Gasteiger partial charge in [0.05, 0.1) is 0 Å². The molecule has 1 heteroatoms. The van der Waals surface area contributed by atoms with Gasteiger partial charge in [0.2, 0.25) is 0 Å². The lowest BCUT2D eigenvalue weighted by atomic mass is 9.87. The Kier molecular flexibility index (Phi) is 2.86. The minimum absolute atomic E-state index is 0.478. The van der Waals surface area contributed by atoms with Crippen molar-refractivity contribution in [3.8, 4) is 0 Å². The zero-order valence-corrected chi connectivity index (χ0v) is 10.3. The summed E-state index contributed by atoms with van der Waals surface area (Å²) in [5.41, 5.74) is 6.75. The van der Waals surface area contributed by atoms with Crippen LogP contribution in [0.2, 0.25) is 0 Å². The highest BCUT2D eigenvalue weighted by molar-refractivity contribution is 5.41. The van der Waals surface area contributed by atoms with Crippen LogP contribution in [0.3, 0.4) is 0 Å². The number of benzene rings is 1. The number of aryl methyl sites for hydroxylation is 1. The highest BCUT2D eigenvalue weighted by Gasteiger charge is 2.18. The van der Waals surface area contributed by atoms with Gasteiger partial charge in [-0.25, -0.2) is 0 Å². The summed E-state index contributed by atoms with van der Waals surface area (Å²) in [6.07, 6.45) is 3.09. The van der Waals surface area contributed by atoms with Crippen molar-refractivity contribution < 1.29 is 0 Å². The standard InChI is InChI=1S/C15H19N/c1-10-6-5-7-15(12(10)3)13(4)14-8-11(2)16-9-14/h5-7,9,13,16H,2,8H2,1,3-4H3/t13-/m0/s1. The van der Waals surface area contributed by atoms with Crippen LogP contribution < -0.4 is 5.32 Å². The van der Waals surface area contributed by atoms with Crippen molar-refractivity contribution in [3.63, 3.8) is 0 Å². The second kappa shape index (κ2) is 4.17. The molecule has 1 aromatic rings. The minimum Gasteiger partial charge on any atom is -0.365 e. The van der Waals surface area contributed by atoms with Crippen LogP contribution in [-0.2, 0) is 0 Å². The molecule has 16 heavy (non-hydrogen) atoms. The normalized spacial score (nSPS) is 16.9. The Morgan fingerprint density at radius 3 is 2.69 bits per heavy atom. The Balaban J connectivity index is 2.31. The third-order valence-electron chi connectivity index (χ3n) is 3.55. The van der Waals surface area contributed by atoms with Crippen molar-refractivity contribution in [3.05, 3.63) is 58.9 Å². The van der Waals surface area contributed by atoms with E-state index in [0.717, 1.165) is 12.1 Å². The molecule has 0 unspecified atom stereocenters. The maximum absolute atomic E-state index is 3.96. The summed E-state index contributed by atoms with van der Waals surface area (Å²) < 4.78 is 0. The van der Waals surface area contributed by atoms with Gasteiger partial charge in [-0.1, -0.05) is 31.7 Å². The van der Waals surface area contributed by atoms with Crippen LogP contribution >= 0.6 is 0 Å². The van der Waals surface area contributed by atoms with Gasteiger partial charge in [-0.2, -0.15) is 0 Å². The Morgan fingerprint density at radius 2 is 2.06 bits per heavy atom. The molecule has 0 spiro atoms. The first-order valence-corrected chi connectivity index (χ1v) is 5.79. The number of allylic oxidation sites excluding steroid dienone is 1. The quantitative estimate of drug-likeness (QED) is 0.788. The van der Waals surface area contributed by atoms with Gasteiger partial charge in [0.15, 0.2) is 0 Å². The largest absolute Gasteiger partial charge is 0.365 e. The third kappa shape index (κ3) is 1.90. The van der Waals surface area contributed by atoms with Crippen molar-refractivity contribution in [1.82, 2.24) is 5.32 Å². The number of rotatable bonds is 2. The Bertz CT molecular complexity index is 455. The molecule has 0 fully saturated rings. The van der Waals surface area contributed by atoms with E-state index in [1.807, 2.05) is 0 Å². The zero-order valence-electron chi connectivity index (χ0n) is 10.3. The summed E-state index contributed by atoms with van der Waals surface area (Å²) in [7, 11) is 0. The Morgan fingerprint density at radius 1 is 1.31 bits per heavy atom. The molecule has 2 rings (SSSR count). The molecule has 0 saturated heterocycles. The van der Waals surface area contributed by atoms with Crippen LogP contribution in [0, 0.1) is 13.8 Å². The predicted molar refractivity (Wildman–Crippen MR) is 69.3 cm³/mol. The minimum atomic E-state index is 0.478. The van der Waals surface area contributed by atoms with E-state index in [9.17, 15) is 0 Å². The molecule has 0 radical (unpaired) electrons. The summed E-state index contributed by atoms with van der Waals surface area (Å²) in [4.78, 5) is 0. The lowest BCUT2D eigenvalue weighted by Crippen LogP contribution is -2.00. The fourth-order valence-electron chi connectivity index (χ4n) is 2.26. The second-order valence-corrected chi connectivity index (χ2v) is 4.65. The van der Waals surface area contributed by atoms with E-state index in [2.05, 4.69) is 57.1 Å². The molecule has 1 N–H and O–H groups in total. The van der Waals surface area contributed by atoms with E-state index in [0.29, 0.717) is 5.92 Å². The second-order valence-electron chi connectivity index (χ2n) is 4.65. The monoisotopic (exact) mass is 213 g/mol. The van der Waals surface area contributed by atoms with Crippen LogP contribution in [-0.4, -0.2) is 0 Å². The molecule has 84 valence electrons. The third-order valence-corrected chi connectivity index (χ3v) is 3.55. The molecule has 0 aliphatic carbocycles. The maximum atomic E-state index is 3.96. The van der Waals surface area contributed by atoms with Gasteiger partial charge in [-0.05, 0) is 36.1 Å². The van der Waals surface area contributed by atoms with E-state index in [1.54, 1.807) is 0 Å². The molecule has 0 bridgehead atoms. The summed E-state index contributed by atoms with van der Waals surface area (Å²) in [6.45, 7) is 10.6. The first-order valence-electron chi connectivity index (χ1n) is 5.79. The van der Waals surface area contributed by atoms with Crippen molar-refractivity contribution in [1.29, 1.82) is 0 Å². The molecule has 1 nitrogen and oxygen atoms in total. The smallest absolute Gasteiger partial charge is 0.0115 e. The molecular weight excluding hydrogens is 194 g/mol. The Labute approximate surface area is 97.9 Å². The first-order chi connectivity index (χ1) is 7.59. The molecule has 1 aliphatic rings. The Hall–Kier alpha value is -1.50. The topological polar surface area (TPSA) is 12.0 Å². The van der Waals surface area contributed by atoms with Gasteiger partial charge < -0.3 is 5.32 Å². The van der Waals surface area contributed by atoms with Crippen LogP contribution in [0.25, 0.3) is 0 Å². The predicted octanol–water partition coefficient (Wildman–Crippen LogP) is 3.80. The van der Waals surface area contributed by atoms with Gasteiger partial charge >= 0.3 is 0 Å². The SMILES string of the molecule is C=C1CC([C@H](C)c2cccc(C)c2C)=CN1. The summed E-state index contributed by atoms with van der Waals surface area (Å²) in [5.74, 6) is 0.478. The van der Waals surface area contributed by atoms with E-state index in [4.69, 9.17) is 0 Å². The van der Waals surface area contributed by atoms with Crippen LogP contribution in [0.5, 0.6) is 0 Å². The summed E-state index contributed by atoms with van der Waals surface area (Å²) >= 11 is 0. The van der Waals surface area contributed by atoms with Gasteiger partial charge in [-0.15, -0.1) is 0 Å². The van der Waals surface area contributed by atoms with Gasteiger partial charge in [0.25, 0.3) is 0 Å². The summed E-state index contributed by atoms with van der Waals surface area (Å²) in [6, 6.07) is 6.55. The molecule has 0 amide bonds. The fourth-order valence-corrected chi connectivity index (χ4v) is 2.26. The average Bonchev–Trinajstić information content (AvgIpc) is 2.68. The molecule has 1 heterocycles. The molecular formula is C15H19N. The van der Waals surface area contributed by atoms with E-state index in [1.165, 1.54) is 22.3 Å². The molecule has 1 aromatic carbocycles. The molecule has 1 aliphatic heterocycles. The first kappa shape index (κ1) is 11.0. The van der Waals surface area contributed by atoms with Crippen molar-refractivity contribution in [2.75, 3.05) is 0 Å². The molecule has 1 atom stereocenters. The lowest BCUT2D eigenvalue weighted by Gasteiger charge is -2.17.